The van der Waals surface area contributed by atoms with E-state index in [1.807, 2.05) is 41.1 Å². The lowest BCUT2D eigenvalue weighted by Crippen LogP contribution is -2.01. The number of hydrogen-bond donors (Lipinski definition) is 1. The Morgan fingerprint density at radius 1 is 1.24 bits per heavy atom. The van der Waals surface area contributed by atoms with E-state index in [0.29, 0.717) is 6.54 Å². The average molecular weight is 364 g/mol. The van der Waals surface area contributed by atoms with Gasteiger partial charge in [0, 0.05) is 28.4 Å². The van der Waals surface area contributed by atoms with E-state index in [-0.39, 0.29) is 0 Å². The van der Waals surface area contributed by atoms with Crippen LogP contribution < -0.4 is 5.32 Å². The summed E-state index contributed by atoms with van der Waals surface area (Å²) < 4.78 is 2.85. The summed E-state index contributed by atoms with van der Waals surface area (Å²) in [5.74, 6) is 0.839. The normalized spacial score (nSPS) is 10.6. The zero-order chi connectivity index (χ0) is 14.7. The molecule has 21 heavy (non-hydrogen) atoms. The number of rotatable bonds is 4. The highest BCUT2D eigenvalue weighted by atomic mass is 79.9. The zero-order valence-electron chi connectivity index (χ0n) is 11.0. The third kappa shape index (κ3) is 3.43. The van der Waals surface area contributed by atoms with Crippen LogP contribution in [-0.2, 0) is 6.54 Å². The molecule has 2 heterocycles. The Hall–Kier alpha value is -1.85. The van der Waals surface area contributed by atoms with Crippen LogP contribution in [0.15, 0.2) is 59.7 Å². The van der Waals surface area contributed by atoms with Gasteiger partial charge in [0.05, 0.1) is 11.9 Å². The van der Waals surface area contributed by atoms with Crippen molar-refractivity contribution in [3.05, 3.63) is 70.3 Å². The molecule has 3 aromatic rings. The van der Waals surface area contributed by atoms with Gasteiger partial charge in [-0.15, -0.1) is 0 Å². The Labute approximate surface area is 135 Å². The van der Waals surface area contributed by atoms with E-state index < -0.39 is 0 Å². The molecule has 4 nitrogen and oxygen atoms in total. The van der Waals surface area contributed by atoms with Crippen molar-refractivity contribution in [2.75, 3.05) is 5.32 Å². The second-order valence-electron chi connectivity index (χ2n) is 4.46. The molecule has 0 atom stereocenters. The molecule has 3 rings (SSSR count). The number of benzene rings is 1. The molecule has 106 valence electrons. The Bertz CT molecular complexity index is 726. The van der Waals surface area contributed by atoms with Crippen molar-refractivity contribution in [2.45, 2.75) is 6.54 Å². The SMILES string of the molecule is Clc1ccc(CNc2ccc(-n3ccnc3)nc2)c(Br)c1. The van der Waals surface area contributed by atoms with Gasteiger partial charge in [0.1, 0.15) is 12.1 Å². The minimum Gasteiger partial charge on any atom is -0.380 e. The van der Waals surface area contributed by atoms with Crippen LogP contribution in [-0.4, -0.2) is 14.5 Å². The number of hydrogen-bond acceptors (Lipinski definition) is 3. The molecule has 0 saturated heterocycles. The van der Waals surface area contributed by atoms with Crippen molar-refractivity contribution in [3.63, 3.8) is 0 Å². The highest BCUT2D eigenvalue weighted by Gasteiger charge is 2.02. The van der Waals surface area contributed by atoms with Gasteiger partial charge < -0.3 is 5.32 Å². The molecule has 0 bridgehead atoms. The van der Waals surface area contributed by atoms with Crippen LogP contribution >= 0.6 is 27.5 Å². The molecule has 2 aromatic heterocycles. The van der Waals surface area contributed by atoms with E-state index in [1.54, 1.807) is 18.7 Å². The number of aromatic nitrogens is 3. The van der Waals surface area contributed by atoms with Gasteiger partial charge in [-0.1, -0.05) is 33.6 Å². The first kappa shape index (κ1) is 14.1. The molecule has 0 amide bonds. The molecule has 0 saturated carbocycles. The Kier molecular flexibility index (Phi) is 4.22. The molecule has 0 unspecified atom stereocenters. The highest BCUT2D eigenvalue weighted by Crippen LogP contribution is 2.22. The smallest absolute Gasteiger partial charge is 0.137 e. The van der Waals surface area contributed by atoms with Gasteiger partial charge in [0.25, 0.3) is 0 Å². The summed E-state index contributed by atoms with van der Waals surface area (Å²) in [6.07, 6.45) is 7.12. The summed E-state index contributed by atoms with van der Waals surface area (Å²) in [4.78, 5) is 8.40. The largest absolute Gasteiger partial charge is 0.380 e. The molecule has 0 aliphatic heterocycles. The molecule has 0 radical (unpaired) electrons. The van der Waals surface area contributed by atoms with Crippen LogP contribution in [0.5, 0.6) is 0 Å². The minimum absolute atomic E-state index is 0.698. The van der Waals surface area contributed by atoms with E-state index in [4.69, 9.17) is 11.6 Å². The molecule has 0 aliphatic carbocycles. The Morgan fingerprint density at radius 3 is 2.81 bits per heavy atom. The second-order valence-corrected chi connectivity index (χ2v) is 5.76. The van der Waals surface area contributed by atoms with Crippen molar-refractivity contribution in [3.8, 4) is 5.82 Å². The van der Waals surface area contributed by atoms with Crippen LogP contribution in [0.4, 0.5) is 5.69 Å². The van der Waals surface area contributed by atoms with Gasteiger partial charge in [0.15, 0.2) is 0 Å². The lowest BCUT2D eigenvalue weighted by Gasteiger charge is -2.09. The first-order valence-corrected chi connectivity index (χ1v) is 7.51. The van der Waals surface area contributed by atoms with Gasteiger partial charge in [0.2, 0.25) is 0 Å². The predicted molar refractivity (Wildman–Crippen MR) is 87.8 cm³/mol. The van der Waals surface area contributed by atoms with Crippen molar-refractivity contribution in [1.82, 2.24) is 14.5 Å². The second kappa shape index (κ2) is 6.28. The van der Waals surface area contributed by atoms with Gasteiger partial charge >= 0.3 is 0 Å². The van der Waals surface area contributed by atoms with Crippen molar-refractivity contribution >= 4 is 33.2 Å². The molecule has 1 N–H and O–H groups in total. The lowest BCUT2D eigenvalue weighted by molar-refractivity contribution is 0.990. The average Bonchev–Trinajstić information content (AvgIpc) is 3.01. The summed E-state index contributed by atoms with van der Waals surface area (Å²) in [6, 6.07) is 9.70. The minimum atomic E-state index is 0.698. The highest BCUT2D eigenvalue weighted by molar-refractivity contribution is 9.10. The number of imidazole rings is 1. The number of nitrogens with zero attached hydrogens (tertiary/aromatic N) is 3. The Morgan fingerprint density at radius 2 is 2.14 bits per heavy atom. The summed E-state index contributed by atoms with van der Waals surface area (Å²) in [5, 5.41) is 4.05. The van der Waals surface area contributed by atoms with Gasteiger partial charge in [-0.3, -0.25) is 4.57 Å². The van der Waals surface area contributed by atoms with Crippen LogP contribution in [0.1, 0.15) is 5.56 Å². The first-order valence-electron chi connectivity index (χ1n) is 6.34. The Balaban J connectivity index is 1.68. The molecule has 0 fully saturated rings. The van der Waals surface area contributed by atoms with Crippen LogP contribution in [0.2, 0.25) is 5.02 Å². The van der Waals surface area contributed by atoms with Crippen LogP contribution in [0.3, 0.4) is 0 Å². The maximum absolute atomic E-state index is 5.93. The maximum Gasteiger partial charge on any atom is 0.137 e. The summed E-state index contributed by atoms with van der Waals surface area (Å²) in [6.45, 7) is 0.698. The van der Waals surface area contributed by atoms with Crippen molar-refractivity contribution in [1.29, 1.82) is 0 Å². The third-order valence-electron chi connectivity index (χ3n) is 3.01. The molecule has 6 heteroatoms. The van der Waals surface area contributed by atoms with E-state index in [1.165, 1.54) is 0 Å². The number of pyridine rings is 1. The number of halogens is 2. The fraction of sp³-hybridized carbons (Fsp3) is 0.0667. The molecule has 1 aromatic carbocycles. The van der Waals surface area contributed by atoms with Gasteiger partial charge in [-0.25, -0.2) is 9.97 Å². The predicted octanol–water partition coefficient (Wildman–Crippen LogP) is 4.30. The monoisotopic (exact) mass is 362 g/mol. The van der Waals surface area contributed by atoms with E-state index in [2.05, 4.69) is 31.2 Å². The molecular weight excluding hydrogens is 352 g/mol. The van der Waals surface area contributed by atoms with Gasteiger partial charge in [-0.2, -0.15) is 0 Å². The standard InChI is InChI=1S/C15H12BrClN4/c16-14-7-12(17)2-1-11(14)8-19-13-3-4-15(20-9-13)21-6-5-18-10-21/h1-7,9-10,19H,8H2. The van der Waals surface area contributed by atoms with Crippen LogP contribution in [0, 0.1) is 0 Å². The van der Waals surface area contributed by atoms with E-state index >= 15 is 0 Å². The van der Waals surface area contributed by atoms with Crippen molar-refractivity contribution in [2.24, 2.45) is 0 Å². The van der Waals surface area contributed by atoms with Crippen molar-refractivity contribution < 1.29 is 0 Å². The molecule has 0 spiro atoms. The van der Waals surface area contributed by atoms with Gasteiger partial charge in [-0.05, 0) is 29.8 Å². The fourth-order valence-corrected chi connectivity index (χ4v) is 2.72. The first-order chi connectivity index (χ1) is 10.2. The number of nitrogens with one attached hydrogen (secondary N) is 1. The van der Waals surface area contributed by atoms with E-state index in [9.17, 15) is 0 Å². The quantitative estimate of drug-likeness (QED) is 0.751. The summed E-state index contributed by atoms with van der Waals surface area (Å²) >= 11 is 9.44. The summed E-state index contributed by atoms with van der Waals surface area (Å²) in [5.41, 5.74) is 2.10. The maximum atomic E-state index is 5.93. The lowest BCUT2D eigenvalue weighted by atomic mass is 10.2. The fourth-order valence-electron chi connectivity index (χ4n) is 1.90. The topological polar surface area (TPSA) is 42.7 Å². The van der Waals surface area contributed by atoms with Crippen LogP contribution in [0.25, 0.3) is 5.82 Å². The zero-order valence-corrected chi connectivity index (χ0v) is 13.3. The number of anilines is 1. The van der Waals surface area contributed by atoms with E-state index in [0.717, 1.165) is 26.6 Å². The molecule has 0 aliphatic rings. The summed E-state index contributed by atoms with van der Waals surface area (Å²) in [7, 11) is 0. The molecular formula is C15H12BrClN4. The third-order valence-corrected chi connectivity index (χ3v) is 3.99.